The highest BCUT2D eigenvalue weighted by atomic mass is 19.4. The number of ether oxygens (including phenoxy) is 1. The highest BCUT2D eigenvalue weighted by molar-refractivity contribution is 5.97. The number of benzene rings is 3. The van der Waals surface area contributed by atoms with Gasteiger partial charge in [0.25, 0.3) is 11.8 Å². The van der Waals surface area contributed by atoms with Crippen LogP contribution in [0.4, 0.5) is 23.2 Å². The Morgan fingerprint density at radius 3 is 2.44 bits per heavy atom. The highest BCUT2D eigenvalue weighted by Gasteiger charge is 2.30. The van der Waals surface area contributed by atoms with E-state index in [1.54, 1.807) is 18.2 Å². The van der Waals surface area contributed by atoms with Crippen molar-refractivity contribution in [2.75, 3.05) is 18.5 Å². The molecular weight excluding hydrogens is 452 g/mol. The maximum Gasteiger partial charge on any atom is 0.416 e. The van der Waals surface area contributed by atoms with Crippen molar-refractivity contribution >= 4 is 17.5 Å². The van der Waals surface area contributed by atoms with E-state index in [-0.39, 0.29) is 29.1 Å². The van der Waals surface area contributed by atoms with Crippen LogP contribution in [0.25, 0.3) is 0 Å². The molecule has 0 atom stereocenters. The summed E-state index contributed by atoms with van der Waals surface area (Å²) in [5.74, 6) is 3.51. The summed E-state index contributed by atoms with van der Waals surface area (Å²) < 4.78 is 57.4. The zero-order valence-corrected chi connectivity index (χ0v) is 17.6. The second kappa shape index (κ2) is 11.0. The van der Waals surface area contributed by atoms with Crippen molar-refractivity contribution in [2.45, 2.75) is 6.18 Å². The minimum atomic E-state index is -4.47. The Bertz CT molecular complexity index is 1250. The van der Waals surface area contributed by atoms with E-state index in [0.717, 1.165) is 12.1 Å². The monoisotopic (exact) mass is 470 g/mol. The van der Waals surface area contributed by atoms with Crippen molar-refractivity contribution in [1.82, 2.24) is 5.32 Å². The molecule has 5 nitrogen and oxygen atoms in total. The number of nitrogens with one attached hydrogen (secondary N) is 2. The third-order valence-electron chi connectivity index (χ3n) is 4.40. The van der Waals surface area contributed by atoms with E-state index in [9.17, 15) is 27.2 Å². The second-order valence-corrected chi connectivity index (χ2v) is 6.88. The first-order valence-electron chi connectivity index (χ1n) is 9.94. The number of hydrogen-bond acceptors (Lipinski definition) is 3. The molecule has 0 unspecified atom stereocenters. The number of alkyl halides is 3. The highest BCUT2D eigenvalue weighted by Crippen LogP contribution is 2.29. The SMILES string of the molecule is O=C(COc1ccccc1C(=O)NCC#Cc1cccc(C(F)(F)F)c1)Nc1ccccc1F. The average molecular weight is 470 g/mol. The summed E-state index contributed by atoms with van der Waals surface area (Å²) in [5, 5.41) is 4.90. The molecule has 0 heterocycles. The molecule has 174 valence electrons. The maximum atomic E-state index is 13.6. The molecule has 0 aliphatic heterocycles. The molecule has 34 heavy (non-hydrogen) atoms. The van der Waals surface area contributed by atoms with Gasteiger partial charge in [-0.3, -0.25) is 9.59 Å². The van der Waals surface area contributed by atoms with Crippen molar-refractivity contribution < 1.29 is 31.9 Å². The fraction of sp³-hybridized carbons (Fsp3) is 0.120. The molecule has 0 saturated heterocycles. The van der Waals surface area contributed by atoms with E-state index >= 15 is 0 Å². The summed E-state index contributed by atoms with van der Waals surface area (Å²) >= 11 is 0. The van der Waals surface area contributed by atoms with Crippen LogP contribution in [0.2, 0.25) is 0 Å². The summed E-state index contributed by atoms with van der Waals surface area (Å²) in [6.45, 7) is -0.592. The first-order chi connectivity index (χ1) is 16.2. The van der Waals surface area contributed by atoms with Gasteiger partial charge in [-0.25, -0.2) is 4.39 Å². The van der Waals surface area contributed by atoms with Crippen LogP contribution >= 0.6 is 0 Å². The molecule has 0 radical (unpaired) electrons. The Labute approximate surface area is 192 Å². The minimum absolute atomic E-state index is 0.00136. The van der Waals surface area contributed by atoms with Crippen LogP contribution in [0.15, 0.2) is 72.8 Å². The second-order valence-electron chi connectivity index (χ2n) is 6.88. The molecule has 2 N–H and O–H groups in total. The Hall–Kier alpha value is -4.32. The fourth-order valence-corrected chi connectivity index (χ4v) is 2.81. The molecule has 3 aromatic carbocycles. The average Bonchev–Trinajstić information content (AvgIpc) is 2.82. The molecule has 0 aliphatic carbocycles. The third-order valence-corrected chi connectivity index (χ3v) is 4.40. The van der Waals surface area contributed by atoms with Crippen molar-refractivity contribution in [2.24, 2.45) is 0 Å². The number of anilines is 1. The lowest BCUT2D eigenvalue weighted by Gasteiger charge is -2.11. The fourth-order valence-electron chi connectivity index (χ4n) is 2.81. The Morgan fingerprint density at radius 1 is 0.941 bits per heavy atom. The number of para-hydroxylation sites is 2. The number of halogens is 4. The summed E-state index contributed by atoms with van der Waals surface area (Å²) in [7, 11) is 0. The first-order valence-corrected chi connectivity index (χ1v) is 9.94. The Kier molecular flexibility index (Phi) is 7.88. The van der Waals surface area contributed by atoms with Crippen LogP contribution in [0.3, 0.4) is 0 Å². The largest absolute Gasteiger partial charge is 0.483 e. The molecule has 0 saturated carbocycles. The van der Waals surface area contributed by atoms with E-state index in [1.165, 1.54) is 42.5 Å². The van der Waals surface area contributed by atoms with Crippen LogP contribution < -0.4 is 15.4 Å². The van der Waals surface area contributed by atoms with Gasteiger partial charge in [0.2, 0.25) is 0 Å². The van der Waals surface area contributed by atoms with Crippen molar-refractivity contribution in [3.05, 3.63) is 95.3 Å². The van der Waals surface area contributed by atoms with Gasteiger partial charge in [0.05, 0.1) is 23.4 Å². The van der Waals surface area contributed by atoms with Gasteiger partial charge in [0.1, 0.15) is 11.6 Å². The van der Waals surface area contributed by atoms with Gasteiger partial charge in [0, 0.05) is 5.56 Å². The van der Waals surface area contributed by atoms with E-state index in [0.29, 0.717) is 0 Å². The molecule has 3 aromatic rings. The quantitative estimate of drug-likeness (QED) is 0.407. The van der Waals surface area contributed by atoms with E-state index < -0.39 is 36.0 Å². The standard InChI is InChI=1S/C25H18F4N2O3/c26-20-11-2-3-12-21(20)31-23(32)16-34-22-13-4-1-10-19(22)24(33)30-14-6-8-17-7-5-9-18(15-17)25(27,28)29/h1-5,7,9-13,15H,14,16H2,(H,30,33)(H,31,32). The number of amides is 2. The van der Waals surface area contributed by atoms with Gasteiger partial charge in [0.15, 0.2) is 6.61 Å². The summed E-state index contributed by atoms with van der Waals surface area (Å²) in [6, 6.07) is 16.4. The van der Waals surface area contributed by atoms with Crippen molar-refractivity contribution in [3.8, 4) is 17.6 Å². The normalized spacial score (nSPS) is 10.6. The molecule has 0 fully saturated rings. The molecular formula is C25H18F4N2O3. The van der Waals surface area contributed by atoms with Crippen molar-refractivity contribution in [3.63, 3.8) is 0 Å². The van der Waals surface area contributed by atoms with E-state index in [2.05, 4.69) is 22.5 Å². The molecule has 9 heteroatoms. The summed E-state index contributed by atoms with van der Waals surface area (Å²) in [6.07, 6.45) is -4.47. The maximum absolute atomic E-state index is 13.6. The lowest BCUT2D eigenvalue weighted by molar-refractivity contribution is -0.137. The van der Waals surface area contributed by atoms with Crippen LogP contribution in [0.1, 0.15) is 21.5 Å². The number of carbonyl (C=O) groups is 2. The van der Waals surface area contributed by atoms with Gasteiger partial charge in [-0.15, -0.1) is 0 Å². The van der Waals surface area contributed by atoms with E-state index in [4.69, 9.17) is 4.74 Å². The van der Waals surface area contributed by atoms with Gasteiger partial charge < -0.3 is 15.4 Å². The van der Waals surface area contributed by atoms with Crippen LogP contribution in [-0.2, 0) is 11.0 Å². The number of carbonyl (C=O) groups excluding carboxylic acids is 2. The molecule has 0 aliphatic rings. The predicted molar refractivity (Wildman–Crippen MR) is 118 cm³/mol. The van der Waals surface area contributed by atoms with Gasteiger partial charge in [-0.2, -0.15) is 13.2 Å². The minimum Gasteiger partial charge on any atom is -0.483 e. The Morgan fingerprint density at radius 2 is 1.68 bits per heavy atom. The van der Waals surface area contributed by atoms with Crippen LogP contribution in [0.5, 0.6) is 5.75 Å². The summed E-state index contributed by atoms with van der Waals surface area (Å²) in [5.41, 5.74) is -0.523. The molecule has 3 rings (SSSR count). The zero-order chi connectivity index (χ0) is 24.6. The first kappa shape index (κ1) is 24.3. The van der Waals surface area contributed by atoms with Crippen LogP contribution in [-0.4, -0.2) is 25.0 Å². The predicted octanol–water partition coefficient (Wildman–Crippen LogP) is 4.64. The smallest absolute Gasteiger partial charge is 0.416 e. The number of hydrogen-bond donors (Lipinski definition) is 2. The molecule has 0 bridgehead atoms. The Balaban J connectivity index is 1.57. The molecule has 2 amide bonds. The lowest BCUT2D eigenvalue weighted by atomic mass is 10.1. The van der Waals surface area contributed by atoms with Gasteiger partial charge >= 0.3 is 6.18 Å². The van der Waals surface area contributed by atoms with E-state index in [1.807, 2.05) is 0 Å². The van der Waals surface area contributed by atoms with Crippen molar-refractivity contribution in [1.29, 1.82) is 0 Å². The van der Waals surface area contributed by atoms with Gasteiger partial charge in [-0.05, 0) is 42.5 Å². The zero-order valence-electron chi connectivity index (χ0n) is 17.6. The third kappa shape index (κ3) is 6.84. The van der Waals surface area contributed by atoms with Crippen LogP contribution in [0, 0.1) is 17.7 Å². The topological polar surface area (TPSA) is 67.4 Å². The number of rotatable bonds is 6. The molecule has 0 aromatic heterocycles. The molecule has 0 spiro atoms. The lowest BCUT2D eigenvalue weighted by Crippen LogP contribution is -2.25. The summed E-state index contributed by atoms with van der Waals surface area (Å²) in [4.78, 5) is 24.5. The van der Waals surface area contributed by atoms with Gasteiger partial charge in [-0.1, -0.05) is 42.2 Å².